The standard InChI is InChI=1S/C30H38N2O3S/c1-22-7-10-27(11-8-22)36-18-4-16-32-17-14-23(25(21-32)19-30(33)34)5-3-6-24-13-15-31-29-12-9-26(35-2)20-28(24)29/h7-13,15,20,23,25H,3-6,14,16-19,21H2,1-2H3,(H,33,34)/t23-,25+/m1/s1. The van der Waals surface area contributed by atoms with E-state index in [-0.39, 0.29) is 12.3 Å². The third-order valence-corrected chi connectivity index (χ3v) is 8.48. The molecule has 36 heavy (non-hydrogen) atoms. The molecule has 0 amide bonds. The van der Waals surface area contributed by atoms with Gasteiger partial charge in [-0.05, 0) is 112 Å². The number of aryl methyl sites for hydroxylation is 2. The highest BCUT2D eigenvalue weighted by Crippen LogP contribution is 2.32. The van der Waals surface area contributed by atoms with Crippen LogP contribution in [0, 0.1) is 18.8 Å². The van der Waals surface area contributed by atoms with Crippen LogP contribution >= 0.6 is 11.8 Å². The molecule has 3 aromatic rings. The zero-order valence-corrected chi connectivity index (χ0v) is 22.3. The highest BCUT2D eigenvalue weighted by atomic mass is 32.2. The zero-order chi connectivity index (χ0) is 25.3. The molecule has 0 unspecified atom stereocenters. The molecule has 6 heteroatoms. The van der Waals surface area contributed by atoms with Gasteiger partial charge in [0.2, 0.25) is 0 Å². The Kier molecular flexibility index (Phi) is 9.65. The first-order chi connectivity index (χ1) is 17.5. The quantitative estimate of drug-likeness (QED) is 0.224. The van der Waals surface area contributed by atoms with Crippen molar-refractivity contribution < 1.29 is 14.6 Å². The van der Waals surface area contributed by atoms with Crippen LogP contribution in [0.5, 0.6) is 5.75 Å². The van der Waals surface area contributed by atoms with E-state index in [1.165, 1.54) is 16.0 Å². The first kappa shape index (κ1) is 26.5. The predicted molar refractivity (Wildman–Crippen MR) is 148 cm³/mol. The minimum Gasteiger partial charge on any atom is -0.497 e. The van der Waals surface area contributed by atoms with E-state index in [0.29, 0.717) is 5.92 Å². The number of carboxylic acid groups (broad SMARTS) is 1. The second-order valence-corrected chi connectivity index (χ2v) is 11.1. The number of benzene rings is 2. The average Bonchev–Trinajstić information content (AvgIpc) is 2.88. The molecule has 1 aliphatic rings. The first-order valence-corrected chi connectivity index (χ1v) is 14.1. The normalized spacial score (nSPS) is 18.4. The van der Waals surface area contributed by atoms with Crippen molar-refractivity contribution in [3.8, 4) is 5.75 Å². The van der Waals surface area contributed by atoms with Gasteiger partial charge in [-0.25, -0.2) is 0 Å². The smallest absolute Gasteiger partial charge is 0.303 e. The Labute approximate surface area is 219 Å². The van der Waals surface area contributed by atoms with Gasteiger partial charge < -0.3 is 14.7 Å². The van der Waals surface area contributed by atoms with Gasteiger partial charge in [0, 0.05) is 29.4 Å². The zero-order valence-electron chi connectivity index (χ0n) is 21.5. The van der Waals surface area contributed by atoms with Gasteiger partial charge in [-0.15, -0.1) is 11.8 Å². The number of hydrogen-bond acceptors (Lipinski definition) is 5. The number of rotatable bonds is 12. The van der Waals surface area contributed by atoms with Crippen molar-refractivity contribution >= 4 is 28.6 Å². The van der Waals surface area contributed by atoms with Crippen molar-refractivity contribution in [2.75, 3.05) is 32.5 Å². The van der Waals surface area contributed by atoms with E-state index >= 15 is 0 Å². The molecular weight excluding hydrogens is 468 g/mol. The Bertz CT molecular complexity index is 1130. The summed E-state index contributed by atoms with van der Waals surface area (Å²) in [5.41, 5.74) is 3.57. The van der Waals surface area contributed by atoms with Crippen LogP contribution in [0.25, 0.3) is 10.9 Å². The Hall–Kier alpha value is -2.57. The lowest BCUT2D eigenvalue weighted by molar-refractivity contribution is -0.139. The van der Waals surface area contributed by atoms with Crippen LogP contribution in [0.2, 0.25) is 0 Å². The van der Waals surface area contributed by atoms with Crippen LogP contribution in [-0.2, 0) is 11.2 Å². The molecule has 1 fully saturated rings. The van der Waals surface area contributed by atoms with Gasteiger partial charge in [0.05, 0.1) is 12.6 Å². The number of fused-ring (bicyclic) bond motifs is 1. The Morgan fingerprint density at radius 1 is 1.14 bits per heavy atom. The summed E-state index contributed by atoms with van der Waals surface area (Å²) in [7, 11) is 1.69. The van der Waals surface area contributed by atoms with Crippen molar-refractivity contribution in [1.82, 2.24) is 9.88 Å². The Morgan fingerprint density at radius 3 is 2.75 bits per heavy atom. The summed E-state index contributed by atoms with van der Waals surface area (Å²) in [5, 5.41) is 10.7. The van der Waals surface area contributed by atoms with Crippen LogP contribution in [-0.4, -0.2) is 53.5 Å². The van der Waals surface area contributed by atoms with Crippen molar-refractivity contribution in [3.63, 3.8) is 0 Å². The van der Waals surface area contributed by atoms with Crippen LogP contribution < -0.4 is 4.74 Å². The van der Waals surface area contributed by atoms with Crippen molar-refractivity contribution in [2.24, 2.45) is 11.8 Å². The van der Waals surface area contributed by atoms with E-state index in [0.717, 1.165) is 74.1 Å². The maximum absolute atomic E-state index is 11.6. The topological polar surface area (TPSA) is 62.7 Å². The molecule has 4 rings (SSSR count). The maximum atomic E-state index is 11.6. The van der Waals surface area contributed by atoms with Gasteiger partial charge in [-0.3, -0.25) is 9.78 Å². The number of carbonyl (C=O) groups is 1. The minimum absolute atomic E-state index is 0.232. The number of carboxylic acids is 1. The average molecular weight is 507 g/mol. The number of aliphatic carboxylic acids is 1. The highest BCUT2D eigenvalue weighted by Gasteiger charge is 2.30. The minimum atomic E-state index is -0.672. The predicted octanol–water partition coefficient (Wildman–Crippen LogP) is 6.47. The van der Waals surface area contributed by atoms with E-state index in [1.54, 1.807) is 7.11 Å². The van der Waals surface area contributed by atoms with E-state index in [9.17, 15) is 9.90 Å². The van der Waals surface area contributed by atoms with Crippen LogP contribution in [0.3, 0.4) is 0 Å². The molecule has 2 aromatic carbocycles. The monoisotopic (exact) mass is 506 g/mol. The molecule has 1 aromatic heterocycles. The number of piperidine rings is 1. The summed E-state index contributed by atoms with van der Waals surface area (Å²) in [5.74, 6) is 1.98. The third kappa shape index (κ3) is 7.47. The second kappa shape index (κ2) is 13.1. The number of hydrogen-bond donors (Lipinski definition) is 1. The van der Waals surface area contributed by atoms with Gasteiger partial charge in [0.15, 0.2) is 0 Å². The maximum Gasteiger partial charge on any atom is 0.303 e. The molecule has 2 heterocycles. The SMILES string of the molecule is COc1ccc2nccc(CCC[C@@H]3CCN(CCCSc4ccc(C)cc4)C[C@@H]3CC(=O)O)c2c1. The van der Waals surface area contributed by atoms with Gasteiger partial charge in [0.25, 0.3) is 0 Å². The summed E-state index contributed by atoms with van der Waals surface area (Å²) in [6, 6.07) is 16.9. The molecular formula is C30H38N2O3S. The Balaban J connectivity index is 1.27. The van der Waals surface area contributed by atoms with Crippen LogP contribution in [0.15, 0.2) is 59.6 Å². The molecule has 0 spiro atoms. The number of likely N-dealkylation sites (tertiary alicyclic amines) is 1. The van der Waals surface area contributed by atoms with E-state index in [1.807, 2.05) is 30.1 Å². The number of methoxy groups -OCH3 is 1. The van der Waals surface area contributed by atoms with Crippen molar-refractivity contribution in [1.29, 1.82) is 0 Å². The third-order valence-electron chi connectivity index (χ3n) is 7.38. The molecule has 0 bridgehead atoms. The highest BCUT2D eigenvalue weighted by molar-refractivity contribution is 7.99. The number of thioether (sulfide) groups is 1. The van der Waals surface area contributed by atoms with E-state index in [2.05, 4.69) is 53.2 Å². The van der Waals surface area contributed by atoms with E-state index < -0.39 is 5.97 Å². The summed E-state index contributed by atoms with van der Waals surface area (Å²) < 4.78 is 5.41. The molecule has 0 radical (unpaired) electrons. The van der Waals surface area contributed by atoms with Crippen molar-refractivity contribution in [3.05, 3.63) is 65.9 Å². The second-order valence-electron chi connectivity index (χ2n) is 9.97. The summed E-state index contributed by atoms with van der Waals surface area (Å²) in [6.07, 6.45) is 7.48. The lowest BCUT2D eigenvalue weighted by Crippen LogP contribution is -2.41. The first-order valence-electron chi connectivity index (χ1n) is 13.1. The lowest BCUT2D eigenvalue weighted by atomic mass is 9.80. The summed E-state index contributed by atoms with van der Waals surface area (Å²) in [6.45, 7) is 5.14. The molecule has 0 saturated carbocycles. The van der Waals surface area contributed by atoms with Gasteiger partial charge >= 0.3 is 5.97 Å². The van der Waals surface area contributed by atoms with Crippen molar-refractivity contribution in [2.45, 2.75) is 50.3 Å². The molecule has 5 nitrogen and oxygen atoms in total. The van der Waals surface area contributed by atoms with Gasteiger partial charge in [-0.1, -0.05) is 17.7 Å². The number of aromatic nitrogens is 1. The fourth-order valence-corrected chi connectivity index (χ4v) is 6.23. The molecule has 1 N–H and O–H groups in total. The molecule has 0 aliphatic carbocycles. The van der Waals surface area contributed by atoms with Gasteiger partial charge in [-0.2, -0.15) is 0 Å². The number of pyridine rings is 1. The summed E-state index contributed by atoms with van der Waals surface area (Å²) >= 11 is 1.91. The fraction of sp³-hybridized carbons (Fsp3) is 0.467. The number of ether oxygens (including phenoxy) is 1. The van der Waals surface area contributed by atoms with Crippen LogP contribution in [0.4, 0.5) is 0 Å². The number of nitrogens with zero attached hydrogens (tertiary/aromatic N) is 2. The molecule has 1 aliphatic heterocycles. The summed E-state index contributed by atoms with van der Waals surface area (Å²) in [4.78, 5) is 19.9. The fourth-order valence-electron chi connectivity index (χ4n) is 5.39. The molecule has 2 atom stereocenters. The Morgan fingerprint density at radius 2 is 1.97 bits per heavy atom. The van der Waals surface area contributed by atoms with E-state index in [4.69, 9.17) is 4.74 Å². The van der Waals surface area contributed by atoms with Gasteiger partial charge in [0.1, 0.15) is 5.75 Å². The lowest BCUT2D eigenvalue weighted by Gasteiger charge is -2.38. The largest absolute Gasteiger partial charge is 0.497 e. The molecule has 1 saturated heterocycles. The van der Waals surface area contributed by atoms with Crippen LogP contribution in [0.1, 0.15) is 43.2 Å². The molecule has 192 valence electrons.